The fraction of sp³-hybridized carbons (Fsp3) is 0.455. The Labute approximate surface area is 106 Å². The van der Waals surface area contributed by atoms with E-state index in [-0.39, 0.29) is 0 Å². The van der Waals surface area contributed by atoms with Crippen LogP contribution in [0.25, 0.3) is 0 Å². The molecule has 0 spiro atoms. The molecule has 1 aromatic carbocycles. The molecular formula is C11H16Cl2N2O. The molecule has 90 valence electrons. The summed E-state index contributed by atoms with van der Waals surface area (Å²) in [4.78, 5) is 0. The molecule has 0 saturated carbocycles. The quantitative estimate of drug-likeness (QED) is 0.775. The second-order valence-corrected chi connectivity index (χ2v) is 4.21. The van der Waals surface area contributed by atoms with Crippen molar-refractivity contribution in [1.29, 1.82) is 0 Å². The van der Waals surface area contributed by atoms with Gasteiger partial charge in [-0.05, 0) is 31.1 Å². The van der Waals surface area contributed by atoms with Gasteiger partial charge >= 0.3 is 0 Å². The van der Waals surface area contributed by atoms with Crippen LogP contribution >= 0.6 is 23.2 Å². The van der Waals surface area contributed by atoms with Crippen molar-refractivity contribution in [3.05, 3.63) is 27.7 Å². The molecule has 0 amide bonds. The summed E-state index contributed by atoms with van der Waals surface area (Å²) in [5.74, 6) is 0.595. The van der Waals surface area contributed by atoms with Crippen molar-refractivity contribution in [3.63, 3.8) is 0 Å². The van der Waals surface area contributed by atoms with Crippen molar-refractivity contribution in [2.75, 3.05) is 20.2 Å². The van der Waals surface area contributed by atoms with Gasteiger partial charge in [0, 0.05) is 17.6 Å². The molecule has 3 nitrogen and oxygen atoms in total. The zero-order chi connectivity index (χ0) is 12.0. The first-order valence-corrected chi connectivity index (χ1v) is 5.87. The van der Waals surface area contributed by atoms with Gasteiger partial charge in [0.05, 0.1) is 12.1 Å². The van der Waals surface area contributed by atoms with Crippen LogP contribution in [-0.4, -0.2) is 20.2 Å². The summed E-state index contributed by atoms with van der Waals surface area (Å²) in [5, 5.41) is 4.47. The molecule has 0 saturated heterocycles. The van der Waals surface area contributed by atoms with Crippen molar-refractivity contribution in [1.82, 2.24) is 5.32 Å². The number of nitrogens with two attached hydrogens (primary N) is 1. The van der Waals surface area contributed by atoms with E-state index in [1.165, 1.54) is 0 Å². The Balaban J connectivity index is 2.63. The average molecular weight is 263 g/mol. The van der Waals surface area contributed by atoms with Gasteiger partial charge in [0.25, 0.3) is 0 Å². The molecule has 3 N–H and O–H groups in total. The van der Waals surface area contributed by atoms with Crippen molar-refractivity contribution in [2.45, 2.75) is 13.0 Å². The van der Waals surface area contributed by atoms with Crippen LogP contribution in [0.15, 0.2) is 12.1 Å². The topological polar surface area (TPSA) is 47.3 Å². The van der Waals surface area contributed by atoms with Crippen LogP contribution in [0, 0.1) is 0 Å². The summed E-state index contributed by atoms with van der Waals surface area (Å²) >= 11 is 12.1. The number of hydrogen-bond donors (Lipinski definition) is 2. The zero-order valence-electron chi connectivity index (χ0n) is 9.22. The fourth-order valence-corrected chi connectivity index (χ4v) is 1.80. The third-order valence-electron chi connectivity index (χ3n) is 2.19. The van der Waals surface area contributed by atoms with Gasteiger partial charge in [-0.3, -0.25) is 0 Å². The van der Waals surface area contributed by atoms with Gasteiger partial charge in [-0.15, -0.1) is 0 Å². The maximum Gasteiger partial charge on any atom is 0.138 e. The van der Waals surface area contributed by atoms with Crippen LogP contribution in [0.2, 0.25) is 10.0 Å². The second-order valence-electron chi connectivity index (χ2n) is 3.40. The molecule has 0 aliphatic heterocycles. The molecule has 1 rings (SSSR count). The first-order chi connectivity index (χ1) is 7.69. The van der Waals surface area contributed by atoms with E-state index in [9.17, 15) is 0 Å². The van der Waals surface area contributed by atoms with E-state index in [4.69, 9.17) is 33.7 Å². The second kappa shape index (κ2) is 6.97. The lowest BCUT2D eigenvalue weighted by Gasteiger charge is -2.09. The van der Waals surface area contributed by atoms with Crippen LogP contribution in [0.1, 0.15) is 12.0 Å². The molecule has 0 unspecified atom stereocenters. The lowest BCUT2D eigenvalue weighted by atomic mass is 10.2. The standard InChI is InChI=1S/C11H16Cl2N2O/c1-16-11-6-9(12)8(5-10(11)13)7-15-4-2-3-14/h5-6,15H,2-4,7,14H2,1H3. The molecule has 5 heteroatoms. The third kappa shape index (κ3) is 3.83. The number of halogens is 2. The molecule has 0 aliphatic rings. The molecule has 0 radical (unpaired) electrons. The number of rotatable bonds is 6. The SMILES string of the molecule is COc1cc(Cl)c(CNCCCN)cc1Cl. The largest absolute Gasteiger partial charge is 0.495 e. The molecule has 0 atom stereocenters. The molecular weight excluding hydrogens is 247 g/mol. The molecule has 0 heterocycles. The zero-order valence-corrected chi connectivity index (χ0v) is 10.7. The number of ether oxygens (including phenoxy) is 1. The fourth-order valence-electron chi connectivity index (χ4n) is 1.31. The number of methoxy groups -OCH3 is 1. The predicted molar refractivity (Wildman–Crippen MR) is 68.4 cm³/mol. The van der Waals surface area contributed by atoms with Gasteiger partial charge < -0.3 is 15.8 Å². The predicted octanol–water partition coefficient (Wildman–Crippen LogP) is 2.44. The van der Waals surface area contributed by atoms with Crippen LogP contribution in [0.5, 0.6) is 5.75 Å². The molecule has 0 fully saturated rings. The van der Waals surface area contributed by atoms with Gasteiger partial charge in [-0.2, -0.15) is 0 Å². The summed E-state index contributed by atoms with van der Waals surface area (Å²) in [6.45, 7) is 2.24. The maximum absolute atomic E-state index is 6.09. The number of hydrogen-bond acceptors (Lipinski definition) is 3. The first kappa shape index (κ1) is 13.6. The van der Waals surface area contributed by atoms with E-state index >= 15 is 0 Å². The van der Waals surface area contributed by atoms with Crippen LogP contribution in [0.3, 0.4) is 0 Å². The lowest BCUT2D eigenvalue weighted by Crippen LogP contribution is -2.17. The highest BCUT2D eigenvalue weighted by atomic mass is 35.5. The van der Waals surface area contributed by atoms with E-state index in [0.29, 0.717) is 28.9 Å². The van der Waals surface area contributed by atoms with E-state index in [0.717, 1.165) is 18.5 Å². The molecule has 1 aromatic rings. The summed E-state index contributed by atoms with van der Waals surface area (Å²) in [7, 11) is 1.57. The van der Waals surface area contributed by atoms with Gasteiger partial charge in [0.2, 0.25) is 0 Å². The smallest absolute Gasteiger partial charge is 0.138 e. The Morgan fingerprint density at radius 2 is 2.06 bits per heavy atom. The van der Waals surface area contributed by atoms with Crippen molar-refractivity contribution >= 4 is 23.2 Å². The molecule has 0 aliphatic carbocycles. The highest BCUT2D eigenvalue weighted by molar-refractivity contribution is 6.34. The van der Waals surface area contributed by atoms with Gasteiger partial charge in [0.1, 0.15) is 5.75 Å². The van der Waals surface area contributed by atoms with Crippen molar-refractivity contribution in [2.24, 2.45) is 5.73 Å². The van der Waals surface area contributed by atoms with E-state index in [1.54, 1.807) is 13.2 Å². The molecule has 16 heavy (non-hydrogen) atoms. The minimum Gasteiger partial charge on any atom is -0.495 e. The van der Waals surface area contributed by atoms with Gasteiger partial charge in [-0.25, -0.2) is 0 Å². The summed E-state index contributed by atoms with van der Waals surface area (Å²) < 4.78 is 5.07. The lowest BCUT2D eigenvalue weighted by molar-refractivity contribution is 0.415. The summed E-state index contributed by atoms with van der Waals surface area (Å²) in [6.07, 6.45) is 0.946. The minimum atomic E-state index is 0.572. The Morgan fingerprint density at radius 1 is 1.31 bits per heavy atom. The normalized spacial score (nSPS) is 10.5. The van der Waals surface area contributed by atoms with Crippen LogP contribution in [0.4, 0.5) is 0 Å². The maximum atomic E-state index is 6.09. The number of benzene rings is 1. The highest BCUT2D eigenvalue weighted by Crippen LogP contribution is 2.30. The van der Waals surface area contributed by atoms with Crippen molar-refractivity contribution in [3.8, 4) is 5.75 Å². The number of nitrogens with one attached hydrogen (secondary N) is 1. The Morgan fingerprint density at radius 3 is 2.69 bits per heavy atom. The van der Waals surface area contributed by atoms with Crippen molar-refractivity contribution < 1.29 is 4.74 Å². The van der Waals surface area contributed by atoms with E-state index in [2.05, 4.69) is 5.32 Å². The monoisotopic (exact) mass is 262 g/mol. The molecule has 0 aromatic heterocycles. The minimum absolute atomic E-state index is 0.572. The summed E-state index contributed by atoms with van der Waals surface area (Å²) in [5.41, 5.74) is 6.36. The highest BCUT2D eigenvalue weighted by Gasteiger charge is 2.07. The summed E-state index contributed by atoms with van der Waals surface area (Å²) in [6, 6.07) is 3.54. The van der Waals surface area contributed by atoms with Crippen LogP contribution < -0.4 is 15.8 Å². The van der Waals surface area contributed by atoms with E-state index in [1.807, 2.05) is 6.07 Å². The first-order valence-electron chi connectivity index (χ1n) is 5.11. The van der Waals surface area contributed by atoms with Crippen LogP contribution in [-0.2, 0) is 6.54 Å². The van der Waals surface area contributed by atoms with Gasteiger partial charge in [-0.1, -0.05) is 23.2 Å². The molecule has 0 bridgehead atoms. The van der Waals surface area contributed by atoms with E-state index < -0.39 is 0 Å². The Bertz CT molecular complexity index is 345. The average Bonchev–Trinajstić information content (AvgIpc) is 2.28. The van der Waals surface area contributed by atoms with Gasteiger partial charge in [0.15, 0.2) is 0 Å². The third-order valence-corrected chi connectivity index (χ3v) is 2.84. The Kier molecular flexibility index (Phi) is 5.91. The Hall–Kier alpha value is -0.480.